The monoisotopic (exact) mass is 354 g/mol. The highest BCUT2D eigenvalue weighted by atomic mass is 32.2. The zero-order valence-electron chi connectivity index (χ0n) is 14.0. The van der Waals surface area contributed by atoms with E-state index in [0.717, 1.165) is 35.1 Å². The first kappa shape index (κ1) is 15.8. The standard InChI is InChI=1S/C18H18N4O2S/c1-13-19-20-18-10-11-21(14-6-4-3-5-7-14)17-12-15(25(2,23)24)8-9-16(17)22(13)18/h3-9,12H,10-11H2,1-2H3. The Kier molecular flexibility index (Phi) is 3.61. The Balaban J connectivity index is 1.99. The zero-order valence-corrected chi connectivity index (χ0v) is 14.9. The summed E-state index contributed by atoms with van der Waals surface area (Å²) in [6.45, 7) is 2.60. The van der Waals surface area contributed by atoms with Crippen molar-refractivity contribution in [1.29, 1.82) is 0 Å². The van der Waals surface area contributed by atoms with Gasteiger partial charge in [0.2, 0.25) is 0 Å². The van der Waals surface area contributed by atoms with Crippen molar-refractivity contribution >= 4 is 21.2 Å². The molecule has 128 valence electrons. The van der Waals surface area contributed by atoms with E-state index in [0.29, 0.717) is 11.4 Å². The van der Waals surface area contributed by atoms with Crippen LogP contribution in [0.4, 0.5) is 11.4 Å². The number of sulfone groups is 1. The van der Waals surface area contributed by atoms with Gasteiger partial charge in [0, 0.05) is 24.9 Å². The molecule has 1 aliphatic rings. The first-order chi connectivity index (χ1) is 11.9. The third kappa shape index (κ3) is 2.70. The molecule has 7 heteroatoms. The highest BCUT2D eigenvalue weighted by molar-refractivity contribution is 7.90. The number of hydrogen-bond donors (Lipinski definition) is 0. The van der Waals surface area contributed by atoms with E-state index >= 15 is 0 Å². The summed E-state index contributed by atoms with van der Waals surface area (Å²) < 4.78 is 26.1. The van der Waals surface area contributed by atoms with Crippen LogP contribution in [-0.2, 0) is 16.3 Å². The summed E-state index contributed by atoms with van der Waals surface area (Å²) in [5.41, 5.74) is 2.76. The SMILES string of the molecule is Cc1nnc2n1-c1ccc(S(C)(=O)=O)cc1N(c1ccccc1)CC2. The summed E-state index contributed by atoms with van der Waals surface area (Å²) in [4.78, 5) is 2.44. The normalized spacial score (nSPS) is 13.9. The van der Waals surface area contributed by atoms with Crippen LogP contribution >= 0.6 is 0 Å². The molecular weight excluding hydrogens is 336 g/mol. The predicted molar refractivity (Wildman–Crippen MR) is 96.4 cm³/mol. The van der Waals surface area contributed by atoms with Crippen LogP contribution in [-0.4, -0.2) is 36.0 Å². The molecule has 0 N–H and O–H groups in total. The number of aryl methyl sites for hydroxylation is 1. The van der Waals surface area contributed by atoms with E-state index < -0.39 is 9.84 Å². The first-order valence-electron chi connectivity index (χ1n) is 8.03. The molecule has 25 heavy (non-hydrogen) atoms. The van der Waals surface area contributed by atoms with E-state index in [1.54, 1.807) is 12.1 Å². The largest absolute Gasteiger partial charge is 0.339 e. The van der Waals surface area contributed by atoms with Crippen molar-refractivity contribution < 1.29 is 8.42 Å². The fourth-order valence-corrected chi connectivity index (χ4v) is 3.87. The maximum Gasteiger partial charge on any atom is 0.175 e. The number of hydrogen-bond acceptors (Lipinski definition) is 5. The quantitative estimate of drug-likeness (QED) is 0.708. The Hall–Kier alpha value is -2.67. The van der Waals surface area contributed by atoms with Crippen molar-refractivity contribution in [2.24, 2.45) is 0 Å². The van der Waals surface area contributed by atoms with Crippen LogP contribution in [0.5, 0.6) is 0 Å². The third-order valence-electron chi connectivity index (χ3n) is 4.43. The van der Waals surface area contributed by atoms with Crippen LogP contribution in [0.1, 0.15) is 11.6 Å². The smallest absolute Gasteiger partial charge is 0.175 e. The molecule has 4 rings (SSSR count). The van der Waals surface area contributed by atoms with Crippen molar-refractivity contribution in [3.63, 3.8) is 0 Å². The molecule has 2 heterocycles. The summed E-state index contributed by atoms with van der Waals surface area (Å²) in [7, 11) is -3.30. The maximum absolute atomic E-state index is 12.1. The van der Waals surface area contributed by atoms with Gasteiger partial charge in [-0.25, -0.2) is 8.42 Å². The van der Waals surface area contributed by atoms with Gasteiger partial charge in [0.15, 0.2) is 9.84 Å². The predicted octanol–water partition coefficient (Wildman–Crippen LogP) is 2.67. The fourth-order valence-electron chi connectivity index (χ4n) is 3.23. The topological polar surface area (TPSA) is 68.1 Å². The summed E-state index contributed by atoms with van der Waals surface area (Å²) in [6, 6.07) is 15.2. The third-order valence-corrected chi connectivity index (χ3v) is 5.54. The highest BCUT2D eigenvalue weighted by Crippen LogP contribution is 2.36. The number of benzene rings is 2. The van der Waals surface area contributed by atoms with Crippen molar-refractivity contribution in [2.45, 2.75) is 18.2 Å². The van der Waals surface area contributed by atoms with Crippen molar-refractivity contribution in [3.8, 4) is 5.69 Å². The van der Waals surface area contributed by atoms with Crippen molar-refractivity contribution in [1.82, 2.24) is 14.8 Å². The molecule has 0 saturated heterocycles. The van der Waals surface area contributed by atoms with Crippen LogP contribution in [0.2, 0.25) is 0 Å². The van der Waals surface area contributed by atoms with E-state index in [9.17, 15) is 8.42 Å². The van der Waals surface area contributed by atoms with Gasteiger partial charge in [-0.05, 0) is 37.3 Å². The van der Waals surface area contributed by atoms with Crippen LogP contribution < -0.4 is 4.90 Å². The van der Waals surface area contributed by atoms with Gasteiger partial charge in [-0.2, -0.15) is 0 Å². The second-order valence-corrected chi connectivity index (χ2v) is 8.17. The molecule has 0 radical (unpaired) electrons. The molecule has 0 aliphatic carbocycles. The molecule has 3 aromatic rings. The molecule has 0 saturated carbocycles. The summed E-state index contributed by atoms with van der Waals surface area (Å²) >= 11 is 0. The average Bonchev–Trinajstić information content (AvgIpc) is 2.87. The second kappa shape index (κ2) is 5.70. The Morgan fingerprint density at radius 1 is 1.00 bits per heavy atom. The molecule has 0 bridgehead atoms. The van der Waals surface area contributed by atoms with Crippen molar-refractivity contribution in [2.75, 3.05) is 17.7 Å². The van der Waals surface area contributed by atoms with Crippen LogP contribution in [0.3, 0.4) is 0 Å². The van der Waals surface area contributed by atoms with E-state index in [-0.39, 0.29) is 0 Å². The molecule has 0 spiro atoms. The Labute approximate surface area is 146 Å². The van der Waals surface area contributed by atoms with Crippen LogP contribution in [0.15, 0.2) is 53.4 Å². The number of rotatable bonds is 2. The molecule has 0 atom stereocenters. The maximum atomic E-state index is 12.1. The lowest BCUT2D eigenvalue weighted by molar-refractivity contribution is 0.602. The Morgan fingerprint density at radius 3 is 2.48 bits per heavy atom. The van der Waals surface area contributed by atoms with Gasteiger partial charge in [0.1, 0.15) is 11.6 Å². The minimum Gasteiger partial charge on any atom is -0.339 e. The molecule has 0 unspecified atom stereocenters. The second-order valence-electron chi connectivity index (χ2n) is 6.16. The van der Waals surface area contributed by atoms with Gasteiger partial charge in [-0.1, -0.05) is 18.2 Å². The van der Waals surface area contributed by atoms with Crippen molar-refractivity contribution in [3.05, 3.63) is 60.2 Å². The van der Waals surface area contributed by atoms with Gasteiger partial charge in [0.25, 0.3) is 0 Å². The Bertz CT molecular complexity index is 1040. The summed E-state index contributed by atoms with van der Waals surface area (Å²) in [5.74, 6) is 1.67. The minimum absolute atomic E-state index is 0.307. The zero-order chi connectivity index (χ0) is 17.6. The first-order valence-corrected chi connectivity index (χ1v) is 9.92. The molecule has 0 fully saturated rings. The number of anilines is 2. The fraction of sp³-hybridized carbons (Fsp3) is 0.222. The van der Waals surface area contributed by atoms with E-state index in [1.165, 1.54) is 6.26 Å². The lowest BCUT2D eigenvalue weighted by atomic mass is 10.2. The Morgan fingerprint density at radius 2 is 1.76 bits per heavy atom. The lowest BCUT2D eigenvalue weighted by Gasteiger charge is -2.25. The minimum atomic E-state index is -3.30. The van der Waals surface area contributed by atoms with Gasteiger partial charge in [-0.15, -0.1) is 10.2 Å². The molecule has 0 amide bonds. The number of para-hydroxylation sites is 1. The molecule has 1 aliphatic heterocycles. The summed E-state index contributed by atoms with van der Waals surface area (Å²) in [5, 5.41) is 8.47. The lowest BCUT2D eigenvalue weighted by Crippen LogP contribution is -2.19. The molecular formula is C18H18N4O2S. The molecule has 1 aromatic heterocycles. The molecule has 6 nitrogen and oxygen atoms in total. The number of aromatic nitrogens is 3. The number of fused-ring (bicyclic) bond motifs is 3. The molecule has 2 aromatic carbocycles. The van der Waals surface area contributed by atoms with E-state index in [1.807, 2.05) is 47.9 Å². The van der Waals surface area contributed by atoms with Gasteiger partial charge >= 0.3 is 0 Å². The number of nitrogens with zero attached hydrogens (tertiary/aromatic N) is 4. The van der Waals surface area contributed by atoms with E-state index in [2.05, 4.69) is 15.1 Å². The average molecular weight is 354 g/mol. The van der Waals surface area contributed by atoms with Gasteiger partial charge in [-0.3, -0.25) is 4.57 Å². The van der Waals surface area contributed by atoms with E-state index in [4.69, 9.17) is 0 Å². The van der Waals surface area contributed by atoms with Gasteiger partial charge < -0.3 is 4.90 Å². The van der Waals surface area contributed by atoms with Gasteiger partial charge in [0.05, 0.1) is 16.3 Å². The highest BCUT2D eigenvalue weighted by Gasteiger charge is 2.25. The van der Waals surface area contributed by atoms with Crippen LogP contribution in [0.25, 0.3) is 5.69 Å². The van der Waals surface area contributed by atoms with Crippen LogP contribution in [0, 0.1) is 6.92 Å². The summed E-state index contributed by atoms with van der Waals surface area (Å²) in [6.07, 6.45) is 1.95.